The van der Waals surface area contributed by atoms with Crippen molar-refractivity contribution in [1.29, 1.82) is 0 Å². The summed E-state index contributed by atoms with van der Waals surface area (Å²) in [5.74, 6) is 3.45. The van der Waals surface area contributed by atoms with Crippen LogP contribution in [-0.2, 0) is 5.41 Å². The van der Waals surface area contributed by atoms with Crippen molar-refractivity contribution >= 4 is 0 Å². The first-order chi connectivity index (χ1) is 27.8. The van der Waals surface area contributed by atoms with Crippen molar-refractivity contribution in [2.75, 3.05) is 0 Å². The van der Waals surface area contributed by atoms with E-state index in [1.54, 1.807) is 0 Å². The van der Waals surface area contributed by atoms with Crippen LogP contribution in [-0.4, -0.2) is 25.1 Å². The molecule has 0 saturated heterocycles. The first-order valence-electron chi connectivity index (χ1n) is 18.7. The molecule has 56 heavy (non-hydrogen) atoms. The predicted molar refractivity (Wildman–Crippen MR) is 220 cm³/mol. The van der Waals surface area contributed by atoms with Crippen molar-refractivity contribution in [3.63, 3.8) is 0 Å². The third-order valence-electron chi connectivity index (χ3n) is 10.9. The monoisotopic (exact) mass is 717 g/mol. The fraction of sp³-hybridized carbons (Fsp3) is 0.0200. The van der Waals surface area contributed by atoms with Gasteiger partial charge >= 0.3 is 0 Å². The molecule has 3 heterocycles. The lowest BCUT2D eigenvalue weighted by molar-refractivity contribution is 0.436. The van der Waals surface area contributed by atoms with Crippen LogP contribution in [0.3, 0.4) is 0 Å². The van der Waals surface area contributed by atoms with E-state index in [9.17, 15) is 0 Å². The average molecular weight is 718 g/mol. The molecule has 11 rings (SSSR count). The molecule has 0 atom stereocenters. The van der Waals surface area contributed by atoms with Gasteiger partial charge < -0.3 is 4.74 Å². The van der Waals surface area contributed by atoms with Crippen molar-refractivity contribution in [2.45, 2.75) is 5.41 Å². The third-order valence-corrected chi connectivity index (χ3v) is 10.9. The quantitative estimate of drug-likeness (QED) is 0.176. The average Bonchev–Trinajstić information content (AvgIpc) is 3.57. The van der Waals surface area contributed by atoms with E-state index in [0.29, 0.717) is 17.5 Å². The van der Waals surface area contributed by atoms with E-state index in [-0.39, 0.29) is 0 Å². The van der Waals surface area contributed by atoms with Gasteiger partial charge in [0.05, 0.1) is 16.8 Å². The summed E-state index contributed by atoms with van der Waals surface area (Å²) in [6, 6.07) is 64.4. The van der Waals surface area contributed by atoms with Gasteiger partial charge in [0.1, 0.15) is 11.5 Å². The molecule has 2 aromatic heterocycles. The smallest absolute Gasteiger partial charge is 0.164 e. The van der Waals surface area contributed by atoms with Crippen molar-refractivity contribution in [3.05, 3.63) is 210 Å². The van der Waals surface area contributed by atoms with E-state index in [2.05, 4.69) is 96.1 Å². The topological polar surface area (TPSA) is 73.7 Å². The molecule has 2 aliphatic rings. The molecule has 1 aliphatic heterocycles. The highest BCUT2D eigenvalue weighted by molar-refractivity contribution is 5.94. The highest BCUT2D eigenvalue weighted by Crippen LogP contribution is 2.64. The zero-order valence-corrected chi connectivity index (χ0v) is 30.0. The summed E-state index contributed by atoms with van der Waals surface area (Å²) in [5, 5.41) is 9.42. The summed E-state index contributed by atoms with van der Waals surface area (Å²) < 4.78 is 6.70. The van der Waals surface area contributed by atoms with Gasteiger partial charge in [0.15, 0.2) is 17.5 Å². The van der Waals surface area contributed by atoms with Gasteiger partial charge in [-0.2, -0.15) is 0 Å². The van der Waals surface area contributed by atoms with Crippen molar-refractivity contribution in [3.8, 4) is 79.3 Å². The third kappa shape index (κ3) is 4.93. The van der Waals surface area contributed by atoms with E-state index in [1.165, 1.54) is 0 Å². The first-order valence-corrected chi connectivity index (χ1v) is 18.7. The van der Waals surface area contributed by atoms with E-state index in [1.807, 2.05) is 97.1 Å². The molecule has 7 aromatic carbocycles. The Morgan fingerprint density at radius 1 is 0.339 bits per heavy atom. The van der Waals surface area contributed by atoms with Crippen LogP contribution in [0, 0.1) is 0 Å². The number of hydrogen-bond acceptors (Lipinski definition) is 6. The number of fused-ring (bicyclic) bond motifs is 9. The van der Waals surface area contributed by atoms with Crippen LogP contribution in [0.15, 0.2) is 188 Å². The molecule has 0 bridgehead atoms. The molecule has 1 aliphatic carbocycles. The molecule has 6 nitrogen and oxygen atoms in total. The maximum atomic E-state index is 6.70. The fourth-order valence-corrected chi connectivity index (χ4v) is 8.48. The standard InChI is InChI=1S/C50H31N5O/c1-4-15-32(16-5-1)42-29-30-43(55-54-42)35-27-28-36-37-21-14-22-38(49-52-47(33-17-6-2-7-18-33)51-48(53-49)34-19-8-3-9-20-34)46(37)50(41(36)31-35)39-23-10-12-25-44(39)56-45-26-13-11-24-40(45)50/h1-31H. The Bertz CT molecular complexity index is 2830. The van der Waals surface area contributed by atoms with Crippen LogP contribution in [0.1, 0.15) is 22.3 Å². The van der Waals surface area contributed by atoms with Gasteiger partial charge in [-0.3, -0.25) is 0 Å². The predicted octanol–water partition coefficient (Wildman–Crippen LogP) is 11.5. The largest absolute Gasteiger partial charge is 0.457 e. The second-order valence-electron chi connectivity index (χ2n) is 14.0. The molecule has 0 saturated carbocycles. The molecule has 0 fully saturated rings. The maximum Gasteiger partial charge on any atom is 0.164 e. The number of nitrogens with zero attached hydrogens (tertiary/aromatic N) is 5. The minimum Gasteiger partial charge on any atom is -0.457 e. The minimum atomic E-state index is -0.785. The van der Waals surface area contributed by atoms with Gasteiger partial charge in [-0.1, -0.05) is 158 Å². The Hall–Kier alpha value is -7.57. The molecule has 1 spiro atoms. The minimum absolute atomic E-state index is 0.603. The number of hydrogen-bond donors (Lipinski definition) is 0. The molecular formula is C50H31N5O. The van der Waals surface area contributed by atoms with E-state index < -0.39 is 5.41 Å². The molecule has 0 amide bonds. The van der Waals surface area contributed by atoms with Crippen molar-refractivity contribution in [1.82, 2.24) is 25.1 Å². The number of rotatable bonds is 5. The summed E-state index contributed by atoms with van der Waals surface area (Å²) in [4.78, 5) is 15.5. The number of para-hydroxylation sites is 2. The molecule has 6 heteroatoms. The van der Waals surface area contributed by atoms with Crippen LogP contribution >= 0.6 is 0 Å². The van der Waals surface area contributed by atoms with Gasteiger partial charge in [0, 0.05) is 38.9 Å². The molecule has 262 valence electrons. The molecule has 9 aromatic rings. The van der Waals surface area contributed by atoms with Crippen LogP contribution < -0.4 is 4.74 Å². The molecule has 0 unspecified atom stereocenters. The SMILES string of the molecule is c1ccc(-c2ccc(-c3ccc4c(c3)C3(c5ccccc5Oc5ccccc53)c3c(-c5nc(-c6ccccc6)nc(-c6ccccc6)n5)cccc3-4)nn2)cc1. The Morgan fingerprint density at radius 3 is 1.43 bits per heavy atom. The number of aromatic nitrogens is 5. The lowest BCUT2D eigenvalue weighted by Gasteiger charge is -2.40. The van der Waals surface area contributed by atoms with Crippen LogP contribution in [0.5, 0.6) is 11.5 Å². The second kappa shape index (κ2) is 12.8. The van der Waals surface area contributed by atoms with Gasteiger partial charge in [0.2, 0.25) is 0 Å². The maximum absolute atomic E-state index is 6.70. The van der Waals surface area contributed by atoms with Crippen LogP contribution in [0.4, 0.5) is 0 Å². The van der Waals surface area contributed by atoms with Gasteiger partial charge in [-0.05, 0) is 52.6 Å². The zero-order chi connectivity index (χ0) is 37.1. The highest BCUT2D eigenvalue weighted by atomic mass is 16.5. The Balaban J connectivity index is 1.19. The van der Waals surface area contributed by atoms with Crippen LogP contribution in [0.25, 0.3) is 67.8 Å². The lowest BCUT2D eigenvalue weighted by Crippen LogP contribution is -2.32. The van der Waals surface area contributed by atoms with E-state index >= 15 is 0 Å². The summed E-state index contributed by atoms with van der Waals surface area (Å²) >= 11 is 0. The molecule has 0 N–H and O–H groups in total. The van der Waals surface area contributed by atoms with Gasteiger partial charge in [-0.15, -0.1) is 10.2 Å². The van der Waals surface area contributed by atoms with Crippen molar-refractivity contribution in [2.24, 2.45) is 0 Å². The number of ether oxygens (including phenoxy) is 1. The molecular weight excluding hydrogens is 687 g/mol. The highest BCUT2D eigenvalue weighted by Gasteiger charge is 2.52. The van der Waals surface area contributed by atoms with Crippen LogP contribution in [0.2, 0.25) is 0 Å². The Kier molecular flexibility index (Phi) is 7.29. The second-order valence-corrected chi connectivity index (χ2v) is 14.0. The van der Waals surface area contributed by atoms with E-state index in [4.69, 9.17) is 24.8 Å². The van der Waals surface area contributed by atoms with Gasteiger partial charge in [0.25, 0.3) is 0 Å². The zero-order valence-electron chi connectivity index (χ0n) is 30.0. The summed E-state index contributed by atoms with van der Waals surface area (Å²) in [6.07, 6.45) is 0. The first kappa shape index (κ1) is 31.9. The summed E-state index contributed by atoms with van der Waals surface area (Å²) in [5.41, 5.74) is 12.2. The normalized spacial score (nSPS) is 12.9. The fourth-order valence-electron chi connectivity index (χ4n) is 8.48. The number of benzene rings is 7. The molecule has 0 radical (unpaired) electrons. The van der Waals surface area contributed by atoms with E-state index in [0.717, 1.165) is 84.1 Å². The lowest BCUT2D eigenvalue weighted by atomic mass is 9.65. The van der Waals surface area contributed by atoms with Gasteiger partial charge in [-0.25, -0.2) is 15.0 Å². The Morgan fingerprint density at radius 2 is 0.839 bits per heavy atom. The van der Waals surface area contributed by atoms with Crippen molar-refractivity contribution < 1.29 is 4.74 Å². The summed E-state index contributed by atoms with van der Waals surface area (Å²) in [6.45, 7) is 0. The Labute approximate surface area is 323 Å². The summed E-state index contributed by atoms with van der Waals surface area (Å²) in [7, 11) is 0.